The Morgan fingerprint density at radius 2 is 2.23 bits per heavy atom. The van der Waals surface area contributed by atoms with Crippen molar-refractivity contribution in [1.29, 1.82) is 0 Å². The highest BCUT2D eigenvalue weighted by Gasteiger charge is 2.00. The maximum absolute atomic E-state index is 4.10. The number of rotatable bonds is 1. The first kappa shape index (κ1) is 7.79. The molecule has 0 bridgehead atoms. The normalized spacial score (nSPS) is 9.92. The molecule has 0 atom stereocenters. The van der Waals surface area contributed by atoms with Gasteiger partial charge in [0.2, 0.25) is 0 Å². The minimum Gasteiger partial charge on any atom is -0.159 e. The van der Waals surface area contributed by atoms with E-state index in [2.05, 4.69) is 15.3 Å². The van der Waals surface area contributed by atoms with Crippen LogP contribution >= 0.6 is 0 Å². The second-order valence-corrected chi connectivity index (χ2v) is 2.70. The molecule has 4 heteroatoms. The van der Waals surface area contributed by atoms with E-state index in [0.717, 1.165) is 11.3 Å². The molecule has 0 radical (unpaired) electrons. The molecule has 0 amide bonds. The molecule has 2 rings (SSSR count). The predicted octanol–water partition coefficient (Wildman–Crippen LogP) is 0.363. The molecule has 2 heterocycles. The van der Waals surface area contributed by atoms with Gasteiger partial charge in [0.15, 0.2) is 13.2 Å². The van der Waals surface area contributed by atoms with Crippen molar-refractivity contribution in [1.82, 2.24) is 15.3 Å². The van der Waals surface area contributed by atoms with Crippen molar-refractivity contribution < 1.29 is 4.68 Å². The predicted molar refractivity (Wildman–Crippen MR) is 46.4 cm³/mol. The van der Waals surface area contributed by atoms with Crippen LogP contribution < -0.4 is 4.68 Å². The van der Waals surface area contributed by atoms with Crippen molar-refractivity contribution in [3.8, 4) is 11.3 Å². The molecule has 0 aliphatic rings. The third kappa shape index (κ3) is 1.66. The van der Waals surface area contributed by atoms with Crippen LogP contribution in [-0.2, 0) is 7.05 Å². The first-order valence-electron chi connectivity index (χ1n) is 3.96. The van der Waals surface area contributed by atoms with Gasteiger partial charge in [-0.05, 0) is 17.2 Å². The van der Waals surface area contributed by atoms with E-state index in [4.69, 9.17) is 0 Å². The lowest BCUT2D eigenvalue weighted by molar-refractivity contribution is -0.730. The summed E-state index contributed by atoms with van der Waals surface area (Å²) >= 11 is 0. The van der Waals surface area contributed by atoms with Crippen LogP contribution in [0.15, 0.2) is 36.8 Å². The number of nitrogens with zero attached hydrogens (tertiary/aromatic N) is 4. The van der Waals surface area contributed by atoms with Crippen LogP contribution in [0.4, 0.5) is 0 Å². The Hall–Kier alpha value is -1.84. The Morgan fingerprint density at radius 1 is 1.31 bits per heavy atom. The Kier molecular flexibility index (Phi) is 1.96. The van der Waals surface area contributed by atoms with Gasteiger partial charge in [-0.2, -0.15) is 10.2 Å². The minimum atomic E-state index is 0.843. The maximum Gasteiger partial charge on any atom is 0.196 e. The first-order chi connectivity index (χ1) is 6.36. The van der Waals surface area contributed by atoms with E-state index in [1.54, 1.807) is 17.1 Å². The average Bonchev–Trinajstić information content (AvgIpc) is 2.20. The topological polar surface area (TPSA) is 42.5 Å². The number of aromatic nitrogens is 4. The molecule has 64 valence electrons. The maximum atomic E-state index is 4.10. The molecule has 2 aromatic rings. The van der Waals surface area contributed by atoms with Crippen molar-refractivity contribution in [2.75, 3.05) is 0 Å². The smallest absolute Gasteiger partial charge is 0.159 e. The van der Waals surface area contributed by atoms with E-state index in [1.165, 1.54) is 0 Å². The molecule has 0 aliphatic heterocycles. The molecule has 0 unspecified atom stereocenters. The molecule has 0 aliphatic carbocycles. The summed E-state index contributed by atoms with van der Waals surface area (Å²) < 4.78 is 1.74. The lowest BCUT2D eigenvalue weighted by Crippen LogP contribution is -2.31. The monoisotopic (exact) mass is 173 g/mol. The molecule has 0 spiro atoms. The second-order valence-electron chi connectivity index (χ2n) is 2.70. The second kappa shape index (κ2) is 3.26. The highest BCUT2D eigenvalue weighted by atomic mass is 15.2. The fourth-order valence-electron chi connectivity index (χ4n) is 1.03. The van der Waals surface area contributed by atoms with Gasteiger partial charge in [-0.3, -0.25) is 0 Å². The van der Waals surface area contributed by atoms with Gasteiger partial charge >= 0.3 is 0 Å². The summed E-state index contributed by atoms with van der Waals surface area (Å²) in [6.45, 7) is 0. The molecule has 13 heavy (non-hydrogen) atoms. The van der Waals surface area contributed by atoms with E-state index in [0.29, 0.717) is 0 Å². The standard InChI is InChI=1S/C9H9N4/c1-13-6-4-8(7-11-13)9-3-2-5-10-12-9/h2-7H,1H3/q+1. The van der Waals surface area contributed by atoms with E-state index in [-0.39, 0.29) is 0 Å². The lowest BCUT2D eigenvalue weighted by atomic mass is 10.2. The lowest BCUT2D eigenvalue weighted by Gasteiger charge is -1.94. The summed E-state index contributed by atoms with van der Waals surface area (Å²) in [5.74, 6) is 0. The number of hydrogen-bond donors (Lipinski definition) is 0. The fraction of sp³-hybridized carbons (Fsp3) is 0.111. The van der Waals surface area contributed by atoms with Gasteiger partial charge in [0.1, 0.15) is 6.20 Å². The molecule has 4 nitrogen and oxygen atoms in total. The Labute approximate surface area is 75.9 Å². The van der Waals surface area contributed by atoms with Crippen LogP contribution in [0.3, 0.4) is 0 Å². The minimum absolute atomic E-state index is 0.843. The molecule has 0 saturated carbocycles. The van der Waals surface area contributed by atoms with Crippen molar-refractivity contribution in [2.24, 2.45) is 7.05 Å². The van der Waals surface area contributed by atoms with Crippen LogP contribution in [0.5, 0.6) is 0 Å². The van der Waals surface area contributed by atoms with Gasteiger partial charge in [-0.15, -0.1) is 0 Å². The Balaban J connectivity index is 2.42. The van der Waals surface area contributed by atoms with Gasteiger partial charge in [0.05, 0.1) is 5.69 Å². The van der Waals surface area contributed by atoms with E-state index < -0.39 is 0 Å². The van der Waals surface area contributed by atoms with Gasteiger partial charge in [0, 0.05) is 17.8 Å². The van der Waals surface area contributed by atoms with Gasteiger partial charge in [0.25, 0.3) is 0 Å². The molecular weight excluding hydrogens is 164 g/mol. The van der Waals surface area contributed by atoms with Crippen LogP contribution in [0, 0.1) is 0 Å². The summed E-state index contributed by atoms with van der Waals surface area (Å²) in [4.78, 5) is 0. The van der Waals surface area contributed by atoms with Crippen LogP contribution in [0.1, 0.15) is 0 Å². The zero-order chi connectivity index (χ0) is 9.10. The van der Waals surface area contributed by atoms with Gasteiger partial charge in [-0.1, -0.05) is 4.68 Å². The van der Waals surface area contributed by atoms with E-state index in [1.807, 2.05) is 31.4 Å². The van der Waals surface area contributed by atoms with E-state index in [9.17, 15) is 0 Å². The molecule has 2 aromatic heterocycles. The third-order valence-corrected chi connectivity index (χ3v) is 1.72. The van der Waals surface area contributed by atoms with Crippen molar-refractivity contribution >= 4 is 0 Å². The fourth-order valence-corrected chi connectivity index (χ4v) is 1.03. The summed E-state index contributed by atoms with van der Waals surface area (Å²) in [7, 11) is 1.88. The zero-order valence-electron chi connectivity index (χ0n) is 7.25. The first-order valence-corrected chi connectivity index (χ1v) is 3.96. The van der Waals surface area contributed by atoms with Crippen molar-refractivity contribution in [3.63, 3.8) is 0 Å². The molecular formula is C9H9N4+. The Bertz CT molecular complexity index is 382. The summed E-state index contributed by atoms with van der Waals surface area (Å²) in [5.41, 5.74) is 1.82. The highest BCUT2D eigenvalue weighted by molar-refractivity contribution is 5.55. The molecule has 0 aromatic carbocycles. The molecule has 0 saturated heterocycles. The van der Waals surface area contributed by atoms with Gasteiger partial charge in [-0.25, -0.2) is 0 Å². The molecule has 0 fully saturated rings. The van der Waals surface area contributed by atoms with Gasteiger partial charge < -0.3 is 0 Å². The van der Waals surface area contributed by atoms with Crippen LogP contribution in [0.2, 0.25) is 0 Å². The van der Waals surface area contributed by atoms with Crippen LogP contribution in [0.25, 0.3) is 11.3 Å². The van der Waals surface area contributed by atoms with Crippen LogP contribution in [-0.4, -0.2) is 15.3 Å². The zero-order valence-corrected chi connectivity index (χ0v) is 7.25. The largest absolute Gasteiger partial charge is 0.196 e. The number of aryl methyl sites for hydroxylation is 1. The number of hydrogen-bond acceptors (Lipinski definition) is 3. The third-order valence-electron chi connectivity index (χ3n) is 1.72. The van der Waals surface area contributed by atoms with E-state index >= 15 is 0 Å². The summed E-state index contributed by atoms with van der Waals surface area (Å²) in [6.07, 6.45) is 5.30. The quantitative estimate of drug-likeness (QED) is 0.585. The SMILES string of the molecule is C[n+]1ccc(-c2cccnn2)cn1. The molecule has 0 N–H and O–H groups in total. The van der Waals surface area contributed by atoms with Crippen molar-refractivity contribution in [3.05, 3.63) is 36.8 Å². The Morgan fingerprint density at radius 3 is 2.85 bits per heavy atom. The summed E-state index contributed by atoms with van der Waals surface area (Å²) in [6, 6.07) is 5.72. The summed E-state index contributed by atoms with van der Waals surface area (Å²) in [5, 5.41) is 11.9. The highest BCUT2D eigenvalue weighted by Crippen LogP contribution is 2.11. The van der Waals surface area contributed by atoms with Crippen molar-refractivity contribution in [2.45, 2.75) is 0 Å². The average molecular weight is 173 g/mol.